The number of hydrogen-bond acceptors (Lipinski definition) is 4. The second kappa shape index (κ2) is 9.16. The zero-order valence-corrected chi connectivity index (χ0v) is 15.6. The van der Waals surface area contributed by atoms with Crippen molar-refractivity contribution < 1.29 is 24.5 Å². The molecule has 0 aliphatic carbocycles. The van der Waals surface area contributed by atoms with Gasteiger partial charge in [-0.2, -0.15) is 0 Å². The highest BCUT2D eigenvalue weighted by Gasteiger charge is 2.68. The Bertz CT molecular complexity index is 528. The van der Waals surface area contributed by atoms with Crippen LogP contribution in [-0.2, 0) is 14.3 Å². The van der Waals surface area contributed by atoms with Gasteiger partial charge in [-0.25, -0.2) is 0 Å². The van der Waals surface area contributed by atoms with Gasteiger partial charge < -0.3 is 19.7 Å². The number of unbranched alkanes of at least 4 members (excludes halogenated alkanes) is 3. The SMILES string of the molecule is CCCCCC(O)/C=C/[C@@H]1[C@H](C/C=C\CCCC(=O)O)[C@H]2O[C@@H]1[C@H]1O[C@H]12. The van der Waals surface area contributed by atoms with Gasteiger partial charge in [0.25, 0.3) is 0 Å². The maximum absolute atomic E-state index is 10.5. The van der Waals surface area contributed by atoms with E-state index in [0.29, 0.717) is 18.3 Å². The van der Waals surface area contributed by atoms with Gasteiger partial charge in [0.05, 0.1) is 18.3 Å². The smallest absolute Gasteiger partial charge is 0.303 e. The summed E-state index contributed by atoms with van der Waals surface area (Å²) in [5, 5.41) is 18.8. The van der Waals surface area contributed by atoms with E-state index in [2.05, 4.69) is 25.2 Å². The van der Waals surface area contributed by atoms with Crippen molar-refractivity contribution in [3.8, 4) is 0 Å². The van der Waals surface area contributed by atoms with Gasteiger partial charge in [-0.15, -0.1) is 0 Å². The van der Waals surface area contributed by atoms with E-state index in [0.717, 1.165) is 38.5 Å². The van der Waals surface area contributed by atoms with Gasteiger partial charge in [-0.05, 0) is 25.7 Å². The Balaban J connectivity index is 1.49. The van der Waals surface area contributed by atoms with E-state index in [1.807, 2.05) is 6.08 Å². The molecule has 3 aliphatic rings. The number of carbonyl (C=O) groups is 1. The molecule has 3 saturated heterocycles. The summed E-state index contributed by atoms with van der Waals surface area (Å²) in [4.78, 5) is 10.5. The summed E-state index contributed by atoms with van der Waals surface area (Å²) in [5.74, 6) is -0.0497. The van der Waals surface area contributed by atoms with Gasteiger partial charge in [0, 0.05) is 18.3 Å². The molecule has 2 N–H and O–H groups in total. The fraction of sp³-hybridized carbons (Fsp3) is 0.762. The minimum absolute atomic E-state index is 0.134. The van der Waals surface area contributed by atoms with Crippen LogP contribution in [0.25, 0.3) is 0 Å². The largest absolute Gasteiger partial charge is 0.481 e. The average molecular weight is 364 g/mol. The van der Waals surface area contributed by atoms with Crippen molar-refractivity contribution in [1.82, 2.24) is 0 Å². The Hall–Kier alpha value is -1.17. The molecule has 3 heterocycles. The van der Waals surface area contributed by atoms with Crippen LogP contribution < -0.4 is 0 Å². The van der Waals surface area contributed by atoms with Crippen LogP contribution in [0.1, 0.15) is 58.3 Å². The van der Waals surface area contributed by atoms with Crippen molar-refractivity contribution in [3.05, 3.63) is 24.3 Å². The maximum atomic E-state index is 10.5. The molecule has 0 aromatic rings. The van der Waals surface area contributed by atoms with E-state index in [9.17, 15) is 9.90 Å². The number of fused-ring (bicyclic) bond motifs is 5. The van der Waals surface area contributed by atoms with E-state index < -0.39 is 5.97 Å². The maximum Gasteiger partial charge on any atom is 0.303 e. The lowest BCUT2D eigenvalue weighted by Gasteiger charge is -2.22. The predicted octanol–water partition coefficient (Wildman–Crippen LogP) is 3.47. The zero-order valence-electron chi connectivity index (χ0n) is 15.6. The number of hydrogen-bond donors (Lipinski definition) is 2. The van der Waals surface area contributed by atoms with Crippen molar-refractivity contribution in [1.29, 1.82) is 0 Å². The van der Waals surface area contributed by atoms with Crippen LogP contribution in [0.3, 0.4) is 0 Å². The van der Waals surface area contributed by atoms with Crippen LogP contribution >= 0.6 is 0 Å². The van der Waals surface area contributed by atoms with Gasteiger partial charge in [0.1, 0.15) is 12.2 Å². The lowest BCUT2D eigenvalue weighted by atomic mass is 9.77. The molecule has 0 saturated carbocycles. The lowest BCUT2D eigenvalue weighted by Crippen LogP contribution is -2.31. The highest BCUT2D eigenvalue weighted by molar-refractivity contribution is 5.66. The Morgan fingerprint density at radius 2 is 1.85 bits per heavy atom. The molecular formula is C21H32O5. The molecule has 0 aromatic heterocycles. The van der Waals surface area contributed by atoms with Gasteiger partial charge in [0.15, 0.2) is 0 Å². The normalized spacial score (nSPS) is 36.1. The van der Waals surface area contributed by atoms with E-state index in [1.54, 1.807) is 0 Å². The molecule has 3 fully saturated rings. The number of epoxide rings is 1. The number of aliphatic carboxylic acids is 1. The monoisotopic (exact) mass is 364 g/mol. The Labute approximate surface area is 156 Å². The van der Waals surface area contributed by atoms with E-state index in [1.165, 1.54) is 0 Å². The van der Waals surface area contributed by atoms with Crippen molar-refractivity contribution in [2.75, 3.05) is 0 Å². The first kappa shape index (κ1) is 19.6. The van der Waals surface area contributed by atoms with Crippen LogP contribution in [0.5, 0.6) is 0 Å². The topological polar surface area (TPSA) is 79.3 Å². The fourth-order valence-corrected chi connectivity index (χ4v) is 4.36. The first-order valence-electron chi connectivity index (χ1n) is 10.2. The average Bonchev–Trinajstić information content (AvgIpc) is 3.23. The number of rotatable bonds is 12. The summed E-state index contributed by atoms with van der Waals surface area (Å²) in [7, 11) is 0. The highest BCUT2D eigenvalue weighted by Crippen LogP contribution is 2.55. The summed E-state index contributed by atoms with van der Waals surface area (Å²) < 4.78 is 11.9. The van der Waals surface area contributed by atoms with Crippen LogP contribution in [0.4, 0.5) is 0 Å². The lowest BCUT2D eigenvalue weighted by molar-refractivity contribution is -0.137. The molecule has 26 heavy (non-hydrogen) atoms. The summed E-state index contributed by atoms with van der Waals surface area (Å²) in [6.45, 7) is 2.17. The number of aliphatic hydroxyl groups is 1. The second-order valence-corrected chi connectivity index (χ2v) is 7.81. The molecule has 1 unspecified atom stereocenters. The Morgan fingerprint density at radius 1 is 1.08 bits per heavy atom. The molecule has 0 radical (unpaired) electrons. The molecule has 146 valence electrons. The van der Waals surface area contributed by atoms with Gasteiger partial charge in [-0.3, -0.25) is 4.79 Å². The first-order valence-corrected chi connectivity index (χ1v) is 10.2. The number of allylic oxidation sites excluding steroid dienone is 2. The summed E-state index contributed by atoms with van der Waals surface area (Å²) in [6, 6.07) is 0. The third-order valence-electron chi connectivity index (χ3n) is 5.81. The standard InChI is InChI=1S/C21H32O5/c1-2-3-6-9-14(22)12-13-16-15(10-7-4-5-8-11-17(23)24)18-20-21(26-20)19(16)25-18/h4,7,12-16,18-22H,2-3,5-6,8-11H2,1H3,(H,23,24)/b7-4-,13-12+/t14?,15-,16+,18+,19-,20-,21+/m0/s1. The molecule has 5 heteroatoms. The molecule has 0 aromatic carbocycles. The minimum Gasteiger partial charge on any atom is -0.481 e. The molecule has 7 atom stereocenters. The number of carboxylic acid groups (broad SMARTS) is 1. The van der Waals surface area contributed by atoms with Crippen LogP contribution in [0.2, 0.25) is 0 Å². The summed E-state index contributed by atoms with van der Waals surface area (Å²) in [5.41, 5.74) is 0. The minimum atomic E-state index is -0.737. The molecule has 2 bridgehead atoms. The molecule has 3 aliphatic heterocycles. The molecule has 0 spiro atoms. The third kappa shape index (κ3) is 4.76. The third-order valence-corrected chi connectivity index (χ3v) is 5.81. The Morgan fingerprint density at radius 3 is 2.62 bits per heavy atom. The van der Waals surface area contributed by atoms with Gasteiger partial charge >= 0.3 is 5.97 Å². The van der Waals surface area contributed by atoms with Gasteiger partial charge in [-0.1, -0.05) is 50.5 Å². The van der Waals surface area contributed by atoms with E-state index in [4.69, 9.17) is 14.6 Å². The van der Waals surface area contributed by atoms with Crippen molar-refractivity contribution in [2.45, 2.75) is 88.8 Å². The summed E-state index contributed by atoms with van der Waals surface area (Å²) in [6.07, 6.45) is 15.6. The molecule has 3 rings (SSSR count). The molecule has 0 amide bonds. The number of ether oxygens (including phenoxy) is 2. The first-order chi connectivity index (χ1) is 12.6. The van der Waals surface area contributed by atoms with Crippen molar-refractivity contribution >= 4 is 5.97 Å². The van der Waals surface area contributed by atoms with Gasteiger partial charge in [0.2, 0.25) is 0 Å². The second-order valence-electron chi connectivity index (χ2n) is 7.81. The quantitative estimate of drug-likeness (QED) is 0.315. The molecule has 5 nitrogen and oxygen atoms in total. The highest BCUT2D eigenvalue weighted by atomic mass is 16.7. The van der Waals surface area contributed by atoms with Crippen molar-refractivity contribution in [3.63, 3.8) is 0 Å². The van der Waals surface area contributed by atoms with E-state index >= 15 is 0 Å². The van der Waals surface area contributed by atoms with Crippen LogP contribution in [0, 0.1) is 11.8 Å². The van der Waals surface area contributed by atoms with Crippen LogP contribution in [-0.4, -0.2) is 46.7 Å². The van der Waals surface area contributed by atoms with Crippen LogP contribution in [0.15, 0.2) is 24.3 Å². The molecular weight excluding hydrogens is 332 g/mol. The predicted molar refractivity (Wildman–Crippen MR) is 98.8 cm³/mol. The van der Waals surface area contributed by atoms with E-state index in [-0.39, 0.29) is 36.9 Å². The summed E-state index contributed by atoms with van der Waals surface area (Å²) >= 11 is 0. The van der Waals surface area contributed by atoms with Crippen molar-refractivity contribution in [2.24, 2.45) is 11.8 Å². The Kier molecular flexibility index (Phi) is 6.90. The number of aliphatic hydroxyl groups excluding tert-OH is 1. The number of carboxylic acids is 1. The zero-order chi connectivity index (χ0) is 18.5. The fourth-order valence-electron chi connectivity index (χ4n) is 4.36.